The van der Waals surface area contributed by atoms with Gasteiger partial charge in [-0.25, -0.2) is 4.39 Å². The summed E-state index contributed by atoms with van der Waals surface area (Å²) in [6.45, 7) is 1.78. The number of aryl methyl sites for hydroxylation is 1. The number of hydrogen-bond donors (Lipinski definition) is 1. The van der Waals surface area contributed by atoms with E-state index in [2.05, 4.69) is 37.2 Å². The Morgan fingerprint density at radius 2 is 2.06 bits per heavy atom. The molecule has 0 spiro atoms. The van der Waals surface area contributed by atoms with Gasteiger partial charge in [0.15, 0.2) is 0 Å². The van der Waals surface area contributed by atoms with Gasteiger partial charge < -0.3 is 5.32 Å². The fraction of sp³-hybridized carbons (Fsp3) is 0.231. The molecule has 2 rings (SSSR count). The molecule has 1 aromatic carbocycles. The molecule has 0 saturated carbocycles. The molecular weight excluding hydrogens is 381 g/mol. The topological polar surface area (TPSA) is 12.0 Å². The molecule has 1 aromatic heterocycles. The van der Waals surface area contributed by atoms with Gasteiger partial charge in [-0.1, -0.05) is 18.2 Å². The first-order valence-corrected chi connectivity index (χ1v) is 7.82. The van der Waals surface area contributed by atoms with Crippen molar-refractivity contribution in [3.63, 3.8) is 0 Å². The Kier molecular flexibility index (Phi) is 4.59. The molecule has 1 heterocycles. The van der Waals surface area contributed by atoms with Crippen molar-refractivity contribution in [2.45, 2.75) is 13.0 Å². The first kappa shape index (κ1) is 14.2. The lowest BCUT2D eigenvalue weighted by Gasteiger charge is -2.16. The molecule has 0 fully saturated rings. The Balaban J connectivity index is 2.48. The molecular formula is C13H12Br2FNS. The predicted octanol–water partition coefficient (Wildman–Crippen LogP) is 5.03. The van der Waals surface area contributed by atoms with Crippen LogP contribution in [0.25, 0.3) is 0 Å². The minimum Gasteiger partial charge on any atom is -0.309 e. The van der Waals surface area contributed by atoms with Crippen molar-refractivity contribution in [1.29, 1.82) is 0 Å². The standard InChI is InChI=1S/C13H12Br2FNS/c1-7-4-3-5-8(11(7)16)12(17-2)10-6-9(14)13(15)18-10/h3-6,12,17H,1-2H3. The second-order valence-electron chi connectivity index (χ2n) is 3.97. The third kappa shape index (κ3) is 2.69. The maximum atomic E-state index is 14.2. The highest BCUT2D eigenvalue weighted by atomic mass is 79.9. The average molecular weight is 393 g/mol. The van der Waals surface area contributed by atoms with Gasteiger partial charge in [-0.05, 0) is 57.5 Å². The summed E-state index contributed by atoms with van der Waals surface area (Å²) in [6, 6.07) is 7.38. The van der Waals surface area contributed by atoms with Crippen LogP contribution >= 0.6 is 43.2 Å². The van der Waals surface area contributed by atoms with Crippen LogP contribution in [0.4, 0.5) is 4.39 Å². The van der Waals surface area contributed by atoms with E-state index in [9.17, 15) is 4.39 Å². The van der Waals surface area contributed by atoms with E-state index in [4.69, 9.17) is 0 Å². The molecule has 0 aliphatic heterocycles. The molecule has 0 aliphatic carbocycles. The summed E-state index contributed by atoms with van der Waals surface area (Å²) < 4.78 is 16.2. The molecule has 0 bridgehead atoms. The largest absolute Gasteiger partial charge is 0.309 e. The summed E-state index contributed by atoms with van der Waals surface area (Å²) >= 11 is 8.53. The van der Waals surface area contributed by atoms with E-state index in [0.29, 0.717) is 11.1 Å². The van der Waals surface area contributed by atoms with Crippen molar-refractivity contribution in [3.8, 4) is 0 Å². The van der Waals surface area contributed by atoms with Gasteiger partial charge in [0.2, 0.25) is 0 Å². The van der Waals surface area contributed by atoms with Gasteiger partial charge in [-0.15, -0.1) is 11.3 Å². The number of rotatable bonds is 3. The third-order valence-corrected chi connectivity index (χ3v) is 6.09. The zero-order chi connectivity index (χ0) is 13.3. The van der Waals surface area contributed by atoms with Crippen LogP contribution in [0.15, 0.2) is 32.5 Å². The van der Waals surface area contributed by atoms with Crippen molar-refractivity contribution >= 4 is 43.2 Å². The summed E-state index contributed by atoms with van der Waals surface area (Å²) in [5.41, 5.74) is 1.35. The molecule has 1 N–H and O–H groups in total. The van der Waals surface area contributed by atoms with Crippen LogP contribution in [-0.4, -0.2) is 7.05 Å². The molecule has 2 aromatic rings. The minimum atomic E-state index is -0.141. The van der Waals surface area contributed by atoms with Gasteiger partial charge in [0.05, 0.1) is 9.83 Å². The van der Waals surface area contributed by atoms with Gasteiger partial charge >= 0.3 is 0 Å². The Morgan fingerprint density at radius 1 is 1.33 bits per heavy atom. The minimum absolute atomic E-state index is 0.127. The highest BCUT2D eigenvalue weighted by Gasteiger charge is 2.20. The van der Waals surface area contributed by atoms with E-state index in [1.54, 1.807) is 24.3 Å². The SMILES string of the molecule is CNC(c1cc(Br)c(Br)s1)c1cccc(C)c1F. The maximum absolute atomic E-state index is 14.2. The molecule has 1 nitrogen and oxygen atoms in total. The Hall–Kier alpha value is -0.230. The zero-order valence-electron chi connectivity index (χ0n) is 9.93. The summed E-state index contributed by atoms with van der Waals surface area (Å²) in [7, 11) is 1.84. The molecule has 96 valence electrons. The fourth-order valence-electron chi connectivity index (χ4n) is 1.85. The van der Waals surface area contributed by atoms with Gasteiger partial charge in [0.25, 0.3) is 0 Å². The molecule has 0 aliphatic rings. The Bertz CT molecular complexity index is 549. The molecule has 1 atom stereocenters. The van der Waals surface area contributed by atoms with E-state index in [1.807, 2.05) is 25.2 Å². The summed E-state index contributed by atoms with van der Waals surface area (Å²) in [4.78, 5) is 1.07. The molecule has 0 radical (unpaired) electrons. The number of halogens is 3. The van der Waals surface area contributed by atoms with E-state index in [-0.39, 0.29) is 11.9 Å². The van der Waals surface area contributed by atoms with Crippen LogP contribution in [0.3, 0.4) is 0 Å². The normalized spacial score (nSPS) is 12.7. The Labute approximate surface area is 127 Å². The van der Waals surface area contributed by atoms with Crippen molar-refractivity contribution in [3.05, 3.63) is 54.3 Å². The number of benzene rings is 1. The number of hydrogen-bond acceptors (Lipinski definition) is 2. The monoisotopic (exact) mass is 391 g/mol. The van der Waals surface area contributed by atoms with E-state index in [0.717, 1.165) is 13.1 Å². The summed E-state index contributed by atoms with van der Waals surface area (Å²) in [5.74, 6) is -0.141. The summed E-state index contributed by atoms with van der Waals surface area (Å²) in [6.07, 6.45) is 0. The molecule has 0 amide bonds. The van der Waals surface area contributed by atoms with Gasteiger partial charge in [0.1, 0.15) is 5.82 Å². The van der Waals surface area contributed by atoms with Crippen LogP contribution in [0.5, 0.6) is 0 Å². The third-order valence-electron chi connectivity index (χ3n) is 2.77. The maximum Gasteiger partial charge on any atom is 0.131 e. The van der Waals surface area contributed by atoms with Crippen LogP contribution in [0.1, 0.15) is 22.0 Å². The highest BCUT2D eigenvalue weighted by molar-refractivity contribution is 9.13. The predicted molar refractivity (Wildman–Crippen MR) is 81.8 cm³/mol. The average Bonchev–Trinajstić information content (AvgIpc) is 2.66. The second-order valence-corrected chi connectivity index (χ2v) is 7.23. The lowest BCUT2D eigenvalue weighted by Crippen LogP contribution is -2.18. The van der Waals surface area contributed by atoms with Crippen LogP contribution in [0, 0.1) is 12.7 Å². The first-order valence-electron chi connectivity index (χ1n) is 5.41. The van der Waals surface area contributed by atoms with Crippen molar-refractivity contribution in [2.75, 3.05) is 7.05 Å². The highest BCUT2D eigenvalue weighted by Crippen LogP contribution is 2.38. The molecule has 18 heavy (non-hydrogen) atoms. The fourth-order valence-corrected chi connectivity index (χ4v) is 4.07. The Morgan fingerprint density at radius 3 is 2.61 bits per heavy atom. The van der Waals surface area contributed by atoms with Crippen LogP contribution in [-0.2, 0) is 0 Å². The number of thiophene rings is 1. The van der Waals surface area contributed by atoms with Gasteiger partial charge in [0, 0.05) is 14.9 Å². The van der Waals surface area contributed by atoms with Crippen LogP contribution < -0.4 is 5.32 Å². The summed E-state index contributed by atoms with van der Waals surface area (Å²) in [5, 5.41) is 3.17. The number of nitrogens with one attached hydrogen (secondary N) is 1. The first-order chi connectivity index (χ1) is 8.54. The van der Waals surface area contributed by atoms with Crippen molar-refractivity contribution < 1.29 is 4.39 Å². The molecule has 5 heteroatoms. The lowest BCUT2D eigenvalue weighted by molar-refractivity contribution is 0.572. The van der Waals surface area contributed by atoms with Crippen molar-refractivity contribution in [2.24, 2.45) is 0 Å². The van der Waals surface area contributed by atoms with Gasteiger partial charge in [-0.3, -0.25) is 0 Å². The van der Waals surface area contributed by atoms with E-state index < -0.39 is 0 Å². The smallest absolute Gasteiger partial charge is 0.131 e. The van der Waals surface area contributed by atoms with Gasteiger partial charge in [-0.2, -0.15) is 0 Å². The molecule has 1 unspecified atom stereocenters. The van der Waals surface area contributed by atoms with Crippen molar-refractivity contribution in [1.82, 2.24) is 5.32 Å². The van der Waals surface area contributed by atoms with Crippen LogP contribution in [0.2, 0.25) is 0 Å². The lowest BCUT2D eigenvalue weighted by atomic mass is 10.0. The second kappa shape index (κ2) is 5.82. The quantitative estimate of drug-likeness (QED) is 0.772. The van der Waals surface area contributed by atoms with E-state index >= 15 is 0 Å². The zero-order valence-corrected chi connectivity index (χ0v) is 13.9. The van der Waals surface area contributed by atoms with E-state index in [1.165, 1.54) is 0 Å². The molecule has 0 saturated heterocycles.